The molecule has 3 unspecified atom stereocenters. The molecule has 1 heterocycles. The predicted octanol–water partition coefficient (Wildman–Crippen LogP) is 2.95. The molecule has 3 heteroatoms. The summed E-state index contributed by atoms with van der Waals surface area (Å²) in [5, 5.41) is 0. The van der Waals surface area contributed by atoms with Gasteiger partial charge in [-0.3, -0.25) is 4.90 Å². The number of hydrogen-bond donors (Lipinski definition) is 1. The monoisotopic (exact) mass is 288 g/mol. The molecule has 21 heavy (non-hydrogen) atoms. The standard InChI is InChI=1S/C18H28N2O/c1-13-7-8-15(14(2)11-13)16(19)12-20-9-10-21-18-6-4-3-5-17(18)20/h7-8,11,16-18H,3-6,9-10,12,19H2,1-2H3. The lowest BCUT2D eigenvalue weighted by molar-refractivity contribution is -0.0894. The topological polar surface area (TPSA) is 38.5 Å². The molecule has 0 spiro atoms. The molecule has 3 atom stereocenters. The quantitative estimate of drug-likeness (QED) is 0.929. The minimum absolute atomic E-state index is 0.103. The average molecular weight is 288 g/mol. The fourth-order valence-electron chi connectivity index (χ4n) is 4.00. The van der Waals surface area contributed by atoms with Crippen molar-refractivity contribution in [2.45, 2.75) is 57.7 Å². The highest BCUT2D eigenvalue weighted by molar-refractivity contribution is 5.32. The zero-order valence-electron chi connectivity index (χ0n) is 13.3. The van der Waals surface area contributed by atoms with Crippen LogP contribution in [0.4, 0.5) is 0 Å². The largest absolute Gasteiger partial charge is 0.375 e. The van der Waals surface area contributed by atoms with E-state index in [-0.39, 0.29) is 6.04 Å². The van der Waals surface area contributed by atoms with Crippen molar-refractivity contribution in [2.24, 2.45) is 5.73 Å². The number of benzene rings is 1. The van der Waals surface area contributed by atoms with E-state index in [1.54, 1.807) is 0 Å². The summed E-state index contributed by atoms with van der Waals surface area (Å²) in [6.07, 6.45) is 5.58. The van der Waals surface area contributed by atoms with E-state index in [9.17, 15) is 0 Å². The molecule has 3 nitrogen and oxygen atoms in total. The Balaban J connectivity index is 1.69. The summed E-state index contributed by atoms with van der Waals surface area (Å²) in [5.74, 6) is 0. The number of fused-ring (bicyclic) bond motifs is 1. The van der Waals surface area contributed by atoms with E-state index in [1.165, 1.54) is 42.4 Å². The molecule has 1 aromatic carbocycles. The summed E-state index contributed by atoms with van der Waals surface area (Å²) in [5.41, 5.74) is 10.4. The number of morpholine rings is 1. The van der Waals surface area contributed by atoms with Gasteiger partial charge in [-0.2, -0.15) is 0 Å². The molecular formula is C18H28N2O. The second-order valence-electron chi connectivity index (χ2n) is 6.72. The summed E-state index contributed by atoms with van der Waals surface area (Å²) >= 11 is 0. The van der Waals surface area contributed by atoms with Crippen LogP contribution in [-0.2, 0) is 4.74 Å². The van der Waals surface area contributed by atoms with E-state index in [4.69, 9.17) is 10.5 Å². The summed E-state index contributed by atoms with van der Waals surface area (Å²) in [4.78, 5) is 2.58. The van der Waals surface area contributed by atoms with Gasteiger partial charge in [0.2, 0.25) is 0 Å². The Morgan fingerprint density at radius 3 is 2.90 bits per heavy atom. The van der Waals surface area contributed by atoms with Crippen LogP contribution in [0.1, 0.15) is 48.4 Å². The Labute approximate surface area is 128 Å². The maximum Gasteiger partial charge on any atom is 0.0730 e. The lowest BCUT2D eigenvalue weighted by Gasteiger charge is -2.44. The maximum atomic E-state index is 6.52. The van der Waals surface area contributed by atoms with Crippen LogP contribution in [0.15, 0.2) is 18.2 Å². The average Bonchev–Trinajstić information content (AvgIpc) is 2.47. The normalized spacial score (nSPS) is 28.1. The lowest BCUT2D eigenvalue weighted by Crippen LogP contribution is -2.54. The molecule has 1 aliphatic heterocycles. The van der Waals surface area contributed by atoms with Crippen molar-refractivity contribution in [1.29, 1.82) is 0 Å². The van der Waals surface area contributed by atoms with Gasteiger partial charge in [0.1, 0.15) is 0 Å². The van der Waals surface area contributed by atoms with E-state index in [1.807, 2.05) is 0 Å². The summed E-state index contributed by atoms with van der Waals surface area (Å²) in [6.45, 7) is 7.15. The molecule has 2 fully saturated rings. The van der Waals surface area contributed by atoms with E-state index in [0.29, 0.717) is 12.1 Å². The Kier molecular flexibility index (Phi) is 4.63. The van der Waals surface area contributed by atoms with Crippen LogP contribution in [0, 0.1) is 13.8 Å². The maximum absolute atomic E-state index is 6.52. The summed E-state index contributed by atoms with van der Waals surface area (Å²) < 4.78 is 5.96. The van der Waals surface area contributed by atoms with Crippen LogP contribution in [-0.4, -0.2) is 36.7 Å². The van der Waals surface area contributed by atoms with E-state index < -0.39 is 0 Å². The van der Waals surface area contributed by atoms with E-state index in [2.05, 4.69) is 36.9 Å². The molecule has 2 aliphatic rings. The Morgan fingerprint density at radius 2 is 2.10 bits per heavy atom. The van der Waals surface area contributed by atoms with Gasteiger partial charge in [-0.05, 0) is 37.8 Å². The van der Waals surface area contributed by atoms with Gasteiger partial charge in [0.25, 0.3) is 0 Å². The van der Waals surface area contributed by atoms with Gasteiger partial charge in [-0.15, -0.1) is 0 Å². The highest BCUT2D eigenvalue weighted by Crippen LogP contribution is 2.29. The number of nitrogens with two attached hydrogens (primary N) is 1. The molecule has 1 saturated carbocycles. The zero-order valence-corrected chi connectivity index (χ0v) is 13.3. The molecule has 1 aliphatic carbocycles. The summed E-state index contributed by atoms with van der Waals surface area (Å²) in [6, 6.07) is 7.30. The van der Waals surface area contributed by atoms with Gasteiger partial charge in [0, 0.05) is 25.2 Å². The molecule has 0 aromatic heterocycles. The second kappa shape index (κ2) is 6.47. The van der Waals surface area contributed by atoms with Gasteiger partial charge in [-0.1, -0.05) is 36.6 Å². The fourth-order valence-corrected chi connectivity index (χ4v) is 4.00. The minimum Gasteiger partial charge on any atom is -0.375 e. The zero-order chi connectivity index (χ0) is 14.8. The van der Waals surface area contributed by atoms with Gasteiger partial charge in [-0.25, -0.2) is 0 Å². The molecular weight excluding hydrogens is 260 g/mol. The third-order valence-corrected chi connectivity index (χ3v) is 5.10. The Morgan fingerprint density at radius 1 is 1.29 bits per heavy atom. The van der Waals surface area contributed by atoms with E-state index >= 15 is 0 Å². The first kappa shape index (κ1) is 15.0. The number of hydrogen-bond acceptors (Lipinski definition) is 3. The molecule has 2 N–H and O–H groups in total. The molecule has 1 saturated heterocycles. The fraction of sp³-hybridized carbons (Fsp3) is 0.667. The Hall–Kier alpha value is -0.900. The first-order valence-electron chi connectivity index (χ1n) is 8.33. The van der Waals surface area contributed by atoms with Gasteiger partial charge >= 0.3 is 0 Å². The molecule has 116 valence electrons. The molecule has 0 bridgehead atoms. The molecule has 3 rings (SSSR count). The predicted molar refractivity (Wildman–Crippen MR) is 86.4 cm³/mol. The van der Waals surface area contributed by atoms with Crippen molar-refractivity contribution in [3.63, 3.8) is 0 Å². The van der Waals surface area contributed by atoms with Gasteiger partial charge in [0.15, 0.2) is 0 Å². The SMILES string of the molecule is Cc1ccc(C(N)CN2CCOC3CCCCC32)c(C)c1. The van der Waals surface area contributed by atoms with Crippen LogP contribution in [0.5, 0.6) is 0 Å². The first-order valence-corrected chi connectivity index (χ1v) is 8.33. The van der Waals surface area contributed by atoms with E-state index in [0.717, 1.165) is 19.7 Å². The number of rotatable bonds is 3. The van der Waals surface area contributed by atoms with Crippen molar-refractivity contribution in [2.75, 3.05) is 19.7 Å². The second-order valence-corrected chi connectivity index (χ2v) is 6.72. The smallest absolute Gasteiger partial charge is 0.0730 e. The number of ether oxygens (including phenoxy) is 1. The van der Waals surface area contributed by atoms with Crippen LogP contribution in [0.25, 0.3) is 0 Å². The first-order chi connectivity index (χ1) is 10.1. The van der Waals surface area contributed by atoms with Crippen molar-refractivity contribution in [3.05, 3.63) is 34.9 Å². The van der Waals surface area contributed by atoms with Gasteiger partial charge < -0.3 is 10.5 Å². The van der Waals surface area contributed by atoms with Crippen molar-refractivity contribution >= 4 is 0 Å². The third kappa shape index (κ3) is 3.31. The number of aryl methyl sites for hydroxylation is 2. The van der Waals surface area contributed by atoms with Crippen molar-refractivity contribution in [3.8, 4) is 0 Å². The third-order valence-electron chi connectivity index (χ3n) is 5.10. The van der Waals surface area contributed by atoms with Crippen molar-refractivity contribution < 1.29 is 4.74 Å². The minimum atomic E-state index is 0.103. The lowest BCUT2D eigenvalue weighted by atomic mass is 9.89. The highest BCUT2D eigenvalue weighted by Gasteiger charge is 2.34. The molecule has 1 aromatic rings. The van der Waals surface area contributed by atoms with Crippen LogP contribution < -0.4 is 5.73 Å². The molecule has 0 radical (unpaired) electrons. The number of nitrogens with zero attached hydrogens (tertiary/aromatic N) is 1. The summed E-state index contributed by atoms with van der Waals surface area (Å²) in [7, 11) is 0. The Bertz CT molecular complexity index is 486. The van der Waals surface area contributed by atoms with Crippen LogP contribution in [0.3, 0.4) is 0 Å². The highest BCUT2D eigenvalue weighted by atomic mass is 16.5. The van der Waals surface area contributed by atoms with Crippen LogP contribution >= 0.6 is 0 Å². The molecule has 0 amide bonds. The van der Waals surface area contributed by atoms with Crippen LogP contribution in [0.2, 0.25) is 0 Å². The van der Waals surface area contributed by atoms with Gasteiger partial charge in [0.05, 0.1) is 12.7 Å². The van der Waals surface area contributed by atoms with Crippen molar-refractivity contribution in [1.82, 2.24) is 4.90 Å².